The van der Waals surface area contributed by atoms with Gasteiger partial charge in [0.1, 0.15) is 12.3 Å². The van der Waals surface area contributed by atoms with Gasteiger partial charge in [-0.25, -0.2) is 4.98 Å². The highest BCUT2D eigenvalue weighted by Gasteiger charge is 2.28. The first-order valence-corrected chi connectivity index (χ1v) is 8.97. The molecule has 0 aliphatic carbocycles. The molecule has 1 aliphatic heterocycles. The number of hydrogen-bond donors (Lipinski definition) is 1. The summed E-state index contributed by atoms with van der Waals surface area (Å²) in [5.41, 5.74) is 0.738. The van der Waals surface area contributed by atoms with Crippen molar-refractivity contribution < 1.29 is 9.21 Å². The molecule has 0 saturated carbocycles. The predicted octanol–water partition coefficient (Wildman–Crippen LogP) is 1.13. The topological polar surface area (TPSA) is 91.8 Å². The predicted molar refractivity (Wildman–Crippen MR) is 103 cm³/mol. The summed E-state index contributed by atoms with van der Waals surface area (Å²) in [6, 6.07) is 0. The molecule has 2 aromatic rings. The summed E-state index contributed by atoms with van der Waals surface area (Å²) in [4.78, 5) is 24.8. The number of aromatic nitrogens is 3. The molecule has 1 saturated heterocycles. The Labute approximate surface area is 159 Å². The molecule has 0 aromatic carbocycles. The zero-order chi connectivity index (χ0) is 19.6. The molecule has 27 heavy (non-hydrogen) atoms. The lowest BCUT2D eigenvalue weighted by Crippen LogP contribution is -2.55. The number of carbonyl (C=O) groups excluding carboxylic acids is 1. The van der Waals surface area contributed by atoms with Crippen LogP contribution < -0.4 is 10.2 Å². The number of hydrogen-bond acceptors (Lipinski definition) is 5. The smallest absolute Gasteiger partial charge is 0.246 e. The molecule has 9 heteroatoms. The molecule has 0 bridgehead atoms. The molecule has 1 aliphatic rings. The van der Waals surface area contributed by atoms with Crippen molar-refractivity contribution in [2.45, 2.75) is 32.7 Å². The van der Waals surface area contributed by atoms with Crippen LogP contribution in [0, 0.1) is 0 Å². The van der Waals surface area contributed by atoms with E-state index in [0.717, 1.165) is 11.4 Å². The molecule has 0 spiro atoms. The molecule has 2 aromatic heterocycles. The fraction of sp³-hybridized carbons (Fsp3) is 0.556. The van der Waals surface area contributed by atoms with E-state index < -0.39 is 0 Å². The van der Waals surface area contributed by atoms with Gasteiger partial charge in [0, 0.05) is 38.8 Å². The highest BCUT2D eigenvalue weighted by Crippen LogP contribution is 2.22. The lowest BCUT2D eigenvalue weighted by Gasteiger charge is -2.35. The highest BCUT2D eigenvalue weighted by molar-refractivity contribution is 5.98. The van der Waals surface area contributed by atoms with Crippen LogP contribution in [-0.4, -0.2) is 58.2 Å². The van der Waals surface area contributed by atoms with Crippen LogP contribution in [0.3, 0.4) is 0 Å². The van der Waals surface area contributed by atoms with Crippen LogP contribution >= 0.6 is 0 Å². The Balaban J connectivity index is 1.59. The Hall–Kier alpha value is -2.84. The average Bonchev–Trinajstić information content (AvgIpc) is 3.24. The number of oxazole rings is 1. The lowest BCUT2D eigenvalue weighted by molar-refractivity contribution is -0.120. The maximum absolute atomic E-state index is 12.6. The second kappa shape index (κ2) is 7.42. The van der Waals surface area contributed by atoms with Crippen molar-refractivity contribution in [3.05, 3.63) is 30.2 Å². The van der Waals surface area contributed by atoms with Gasteiger partial charge in [-0.05, 0) is 0 Å². The van der Waals surface area contributed by atoms with Crippen molar-refractivity contribution in [1.29, 1.82) is 0 Å². The summed E-state index contributed by atoms with van der Waals surface area (Å²) < 4.78 is 7.49. The molecule has 1 N–H and O–H groups in total. The van der Waals surface area contributed by atoms with E-state index in [2.05, 4.69) is 41.2 Å². The molecule has 9 nitrogen and oxygen atoms in total. The maximum atomic E-state index is 12.6. The van der Waals surface area contributed by atoms with E-state index in [1.807, 2.05) is 18.1 Å². The molecular weight excluding hydrogens is 346 g/mol. The van der Waals surface area contributed by atoms with Crippen molar-refractivity contribution >= 4 is 17.6 Å². The van der Waals surface area contributed by atoms with Gasteiger partial charge >= 0.3 is 0 Å². The second-order valence-corrected chi connectivity index (χ2v) is 7.61. The molecule has 0 radical (unpaired) electrons. The molecule has 1 amide bonds. The Kier molecular flexibility index (Phi) is 5.20. The van der Waals surface area contributed by atoms with Gasteiger partial charge in [0.2, 0.25) is 11.8 Å². The largest absolute Gasteiger partial charge is 0.443 e. The number of aliphatic imine (C=N–C) groups is 1. The van der Waals surface area contributed by atoms with Crippen molar-refractivity contribution in [3.63, 3.8) is 0 Å². The van der Waals surface area contributed by atoms with E-state index in [4.69, 9.17) is 4.42 Å². The van der Waals surface area contributed by atoms with Crippen LogP contribution in [0.2, 0.25) is 0 Å². The molecule has 0 unspecified atom stereocenters. The van der Waals surface area contributed by atoms with E-state index in [0.29, 0.717) is 31.5 Å². The highest BCUT2D eigenvalue weighted by atomic mass is 16.4. The second-order valence-electron chi connectivity index (χ2n) is 7.61. The first-order chi connectivity index (χ1) is 12.8. The molecule has 1 fully saturated rings. The van der Waals surface area contributed by atoms with Gasteiger partial charge in [0.05, 0.1) is 24.6 Å². The van der Waals surface area contributed by atoms with E-state index in [1.165, 1.54) is 0 Å². The maximum Gasteiger partial charge on any atom is 0.246 e. The SMILES string of the molecule is CN=C(NCc1ncc(C(C)(C)C)o1)N1CCN(c2cnn(C)c2)C(=O)C1. The summed E-state index contributed by atoms with van der Waals surface area (Å²) in [6.45, 7) is 8.18. The van der Waals surface area contributed by atoms with Crippen molar-refractivity contribution in [1.82, 2.24) is 25.0 Å². The normalized spacial score (nSPS) is 16.2. The first kappa shape index (κ1) is 18.9. The molecule has 3 heterocycles. The third-order valence-electron chi connectivity index (χ3n) is 4.43. The number of anilines is 1. The van der Waals surface area contributed by atoms with Crippen LogP contribution in [0.4, 0.5) is 5.69 Å². The van der Waals surface area contributed by atoms with Crippen LogP contribution in [0.1, 0.15) is 32.4 Å². The standard InChI is InChI=1S/C18H27N7O2/c1-18(2,3)14-9-20-15(27-14)10-21-17(19-4)24-6-7-25(16(26)12-24)13-8-22-23(5)11-13/h8-9,11H,6-7,10,12H2,1-5H3,(H,19,21). The van der Waals surface area contributed by atoms with Crippen molar-refractivity contribution in [3.8, 4) is 0 Å². The minimum absolute atomic E-state index is 0.0170. The van der Waals surface area contributed by atoms with Crippen LogP contribution in [0.15, 0.2) is 28.0 Å². The monoisotopic (exact) mass is 373 g/mol. The minimum Gasteiger partial charge on any atom is -0.443 e. The summed E-state index contributed by atoms with van der Waals surface area (Å²) >= 11 is 0. The Morgan fingerprint density at radius 1 is 1.33 bits per heavy atom. The summed E-state index contributed by atoms with van der Waals surface area (Å²) in [6.07, 6.45) is 5.31. The number of piperazine rings is 1. The van der Waals surface area contributed by atoms with E-state index in [9.17, 15) is 4.79 Å². The number of nitrogens with zero attached hydrogens (tertiary/aromatic N) is 6. The minimum atomic E-state index is -0.0814. The number of rotatable bonds is 3. The zero-order valence-corrected chi connectivity index (χ0v) is 16.6. The lowest BCUT2D eigenvalue weighted by atomic mass is 9.94. The zero-order valence-electron chi connectivity index (χ0n) is 16.6. The van der Waals surface area contributed by atoms with E-state index >= 15 is 0 Å². The molecule has 146 valence electrons. The number of aryl methyl sites for hydroxylation is 1. The van der Waals surface area contributed by atoms with E-state index in [1.54, 1.807) is 29.0 Å². The fourth-order valence-electron chi connectivity index (χ4n) is 2.90. The molecular formula is C18H27N7O2. The van der Waals surface area contributed by atoms with E-state index in [-0.39, 0.29) is 17.9 Å². The quantitative estimate of drug-likeness (QED) is 0.641. The van der Waals surface area contributed by atoms with Crippen LogP contribution in [0.5, 0.6) is 0 Å². The van der Waals surface area contributed by atoms with Crippen LogP contribution in [-0.2, 0) is 23.8 Å². The number of guanidine groups is 1. The van der Waals surface area contributed by atoms with Gasteiger partial charge in [-0.2, -0.15) is 5.10 Å². The third-order valence-corrected chi connectivity index (χ3v) is 4.43. The number of carbonyl (C=O) groups is 1. The van der Waals surface area contributed by atoms with Gasteiger partial charge in [0.25, 0.3) is 0 Å². The molecule has 3 rings (SSSR count). The van der Waals surface area contributed by atoms with Crippen molar-refractivity contribution in [2.75, 3.05) is 31.6 Å². The summed E-state index contributed by atoms with van der Waals surface area (Å²) in [5.74, 6) is 2.11. The van der Waals surface area contributed by atoms with Gasteiger partial charge < -0.3 is 19.5 Å². The van der Waals surface area contributed by atoms with Crippen molar-refractivity contribution in [2.24, 2.45) is 12.0 Å². The average molecular weight is 373 g/mol. The van der Waals surface area contributed by atoms with Gasteiger partial charge in [-0.15, -0.1) is 0 Å². The summed E-state index contributed by atoms with van der Waals surface area (Å²) in [5, 5.41) is 7.37. The van der Waals surface area contributed by atoms with Crippen LogP contribution in [0.25, 0.3) is 0 Å². The van der Waals surface area contributed by atoms with Gasteiger partial charge in [-0.1, -0.05) is 20.8 Å². The fourth-order valence-corrected chi connectivity index (χ4v) is 2.90. The first-order valence-electron chi connectivity index (χ1n) is 8.97. The van der Waals surface area contributed by atoms with Gasteiger partial charge in [0.15, 0.2) is 5.96 Å². The summed E-state index contributed by atoms with van der Waals surface area (Å²) in [7, 11) is 3.54. The Bertz CT molecular complexity index is 831. The number of amides is 1. The third kappa shape index (κ3) is 4.29. The molecule has 0 atom stereocenters. The Morgan fingerprint density at radius 3 is 2.67 bits per heavy atom. The number of nitrogens with one attached hydrogen (secondary N) is 1. The van der Waals surface area contributed by atoms with Gasteiger partial charge in [-0.3, -0.25) is 14.5 Å². The Morgan fingerprint density at radius 2 is 2.11 bits per heavy atom.